The lowest BCUT2D eigenvalue weighted by atomic mass is 10.0. The second kappa shape index (κ2) is 5.58. The molecule has 0 bridgehead atoms. The van der Waals surface area contributed by atoms with Crippen molar-refractivity contribution in [3.8, 4) is 11.3 Å². The fourth-order valence-electron chi connectivity index (χ4n) is 2.66. The first kappa shape index (κ1) is 14.2. The van der Waals surface area contributed by atoms with Gasteiger partial charge in [0.1, 0.15) is 5.82 Å². The molecular formula is C16H20FN3O. The number of halogens is 1. The van der Waals surface area contributed by atoms with Gasteiger partial charge < -0.3 is 9.73 Å². The van der Waals surface area contributed by atoms with Crippen molar-refractivity contribution in [3.05, 3.63) is 42.2 Å². The van der Waals surface area contributed by atoms with Gasteiger partial charge >= 0.3 is 0 Å². The largest absolute Gasteiger partial charge is 0.439 e. The number of nitrogens with one attached hydrogen (secondary N) is 1. The van der Waals surface area contributed by atoms with Crippen LogP contribution in [0.4, 0.5) is 4.39 Å². The average molecular weight is 289 g/mol. The van der Waals surface area contributed by atoms with E-state index in [9.17, 15) is 4.39 Å². The Morgan fingerprint density at radius 2 is 1.86 bits per heavy atom. The number of aromatic nitrogens is 1. The smallest absolute Gasteiger partial charge is 0.214 e. The van der Waals surface area contributed by atoms with E-state index in [0.29, 0.717) is 11.7 Å². The second-order valence-electron chi connectivity index (χ2n) is 5.83. The Hall–Kier alpha value is -1.72. The lowest BCUT2D eigenvalue weighted by molar-refractivity contribution is 0.0783. The molecular weight excluding hydrogens is 269 g/mol. The van der Waals surface area contributed by atoms with E-state index >= 15 is 0 Å². The first-order valence-electron chi connectivity index (χ1n) is 7.25. The number of benzene rings is 1. The summed E-state index contributed by atoms with van der Waals surface area (Å²) in [6, 6.07) is 6.27. The van der Waals surface area contributed by atoms with Gasteiger partial charge in [0.2, 0.25) is 5.89 Å². The zero-order valence-corrected chi connectivity index (χ0v) is 12.4. The van der Waals surface area contributed by atoms with Crippen LogP contribution < -0.4 is 5.32 Å². The molecule has 0 saturated carbocycles. The van der Waals surface area contributed by atoms with Crippen LogP contribution in [0.25, 0.3) is 11.3 Å². The number of piperazine rings is 1. The summed E-state index contributed by atoms with van der Waals surface area (Å²) in [7, 11) is 0. The molecule has 5 heteroatoms. The van der Waals surface area contributed by atoms with Crippen LogP contribution in [-0.2, 0) is 5.54 Å². The summed E-state index contributed by atoms with van der Waals surface area (Å²) in [5.74, 6) is 1.12. The van der Waals surface area contributed by atoms with E-state index in [-0.39, 0.29) is 11.4 Å². The summed E-state index contributed by atoms with van der Waals surface area (Å²) in [5, 5.41) is 3.35. The third-order valence-electron chi connectivity index (χ3n) is 4.07. The van der Waals surface area contributed by atoms with E-state index in [1.807, 2.05) is 0 Å². The van der Waals surface area contributed by atoms with Crippen LogP contribution >= 0.6 is 0 Å². The van der Waals surface area contributed by atoms with Gasteiger partial charge in [-0.25, -0.2) is 9.37 Å². The molecule has 1 saturated heterocycles. The second-order valence-corrected chi connectivity index (χ2v) is 5.83. The molecule has 2 heterocycles. The summed E-state index contributed by atoms with van der Waals surface area (Å²) in [6.45, 7) is 8.16. The predicted octanol–water partition coefficient (Wildman–Crippen LogP) is 2.62. The topological polar surface area (TPSA) is 41.3 Å². The van der Waals surface area contributed by atoms with Gasteiger partial charge in [-0.15, -0.1) is 0 Å². The molecule has 2 aromatic rings. The van der Waals surface area contributed by atoms with E-state index in [1.54, 1.807) is 18.3 Å². The molecule has 1 aliphatic rings. The molecule has 0 spiro atoms. The Kier molecular flexibility index (Phi) is 3.78. The van der Waals surface area contributed by atoms with Crippen molar-refractivity contribution in [2.75, 3.05) is 26.2 Å². The lowest BCUT2D eigenvalue weighted by Crippen LogP contribution is -2.51. The molecule has 1 aromatic heterocycles. The Labute approximate surface area is 124 Å². The van der Waals surface area contributed by atoms with E-state index in [4.69, 9.17) is 4.42 Å². The fourth-order valence-corrected chi connectivity index (χ4v) is 2.66. The maximum atomic E-state index is 13.0. The summed E-state index contributed by atoms with van der Waals surface area (Å²) in [4.78, 5) is 6.80. The average Bonchev–Trinajstić information content (AvgIpc) is 2.99. The monoisotopic (exact) mass is 289 g/mol. The van der Waals surface area contributed by atoms with Crippen LogP contribution in [0.1, 0.15) is 19.7 Å². The maximum Gasteiger partial charge on any atom is 0.214 e. The molecule has 3 rings (SSSR count). The molecule has 0 aliphatic carbocycles. The number of hydrogen-bond donors (Lipinski definition) is 1. The molecule has 1 fully saturated rings. The molecule has 4 nitrogen and oxygen atoms in total. The van der Waals surface area contributed by atoms with Crippen molar-refractivity contribution < 1.29 is 8.81 Å². The Balaban J connectivity index is 1.84. The van der Waals surface area contributed by atoms with Gasteiger partial charge in [0.15, 0.2) is 5.76 Å². The van der Waals surface area contributed by atoms with E-state index in [1.165, 1.54) is 12.1 Å². The van der Waals surface area contributed by atoms with Crippen molar-refractivity contribution >= 4 is 0 Å². The summed E-state index contributed by atoms with van der Waals surface area (Å²) in [5.41, 5.74) is 0.590. The molecule has 1 aliphatic heterocycles. The number of rotatable bonds is 3. The molecule has 1 aromatic carbocycles. The van der Waals surface area contributed by atoms with E-state index in [2.05, 4.69) is 29.0 Å². The minimum atomic E-state index is -0.250. The highest BCUT2D eigenvalue weighted by Gasteiger charge is 2.34. The Morgan fingerprint density at radius 3 is 2.52 bits per heavy atom. The molecule has 0 atom stereocenters. The quantitative estimate of drug-likeness (QED) is 0.943. The highest BCUT2D eigenvalue weighted by Crippen LogP contribution is 2.30. The minimum Gasteiger partial charge on any atom is -0.439 e. The highest BCUT2D eigenvalue weighted by molar-refractivity contribution is 5.56. The minimum absolute atomic E-state index is 0.250. The maximum absolute atomic E-state index is 13.0. The van der Waals surface area contributed by atoms with Crippen molar-refractivity contribution in [2.24, 2.45) is 0 Å². The highest BCUT2D eigenvalue weighted by atomic mass is 19.1. The predicted molar refractivity (Wildman–Crippen MR) is 79.4 cm³/mol. The van der Waals surface area contributed by atoms with Crippen molar-refractivity contribution in [3.63, 3.8) is 0 Å². The lowest BCUT2D eigenvalue weighted by Gasteiger charge is -2.38. The third-order valence-corrected chi connectivity index (χ3v) is 4.07. The van der Waals surface area contributed by atoms with Gasteiger partial charge in [-0.1, -0.05) is 0 Å². The van der Waals surface area contributed by atoms with Crippen LogP contribution in [0, 0.1) is 5.82 Å². The van der Waals surface area contributed by atoms with Gasteiger partial charge in [0.25, 0.3) is 0 Å². The number of nitrogens with zero attached hydrogens (tertiary/aromatic N) is 2. The molecule has 0 unspecified atom stereocenters. The Morgan fingerprint density at radius 1 is 1.19 bits per heavy atom. The first-order valence-corrected chi connectivity index (χ1v) is 7.25. The summed E-state index contributed by atoms with van der Waals surface area (Å²) >= 11 is 0. The zero-order valence-electron chi connectivity index (χ0n) is 12.4. The van der Waals surface area contributed by atoms with Crippen molar-refractivity contribution in [1.82, 2.24) is 15.2 Å². The van der Waals surface area contributed by atoms with Crippen LogP contribution in [0.3, 0.4) is 0 Å². The summed E-state index contributed by atoms with van der Waals surface area (Å²) in [6.07, 6.45) is 1.71. The van der Waals surface area contributed by atoms with Gasteiger partial charge in [-0.3, -0.25) is 4.90 Å². The number of oxazole rings is 1. The van der Waals surface area contributed by atoms with Crippen LogP contribution in [0.5, 0.6) is 0 Å². The first-order chi connectivity index (χ1) is 10.1. The van der Waals surface area contributed by atoms with Gasteiger partial charge in [-0.2, -0.15) is 0 Å². The fraction of sp³-hybridized carbons (Fsp3) is 0.438. The van der Waals surface area contributed by atoms with Crippen LogP contribution in [0.2, 0.25) is 0 Å². The molecule has 0 radical (unpaired) electrons. The van der Waals surface area contributed by atoms with Crippen molar-refractivity contribution in [2.45, 2.75) is 19.4 Å². The molecule has 0 amide bonds. The number of hydrogen-bond acceptors (Lipinski definition) is 4. The standard InChI is InChI=1S/C16H20FN3O/c1-16(2,20-9-7-18-8-10-20)15-19-11-14(21-15)12-3-5-13(17)6-4-12/h3-6,11,18H,7-10H2,1-2H3. The van der Waals surface area contributed by atoms with Gasteiger partial charge in [-0.05, 0) is 38.1 Å². The van der Waals surface area contributed by atoms with Gasteiger partial charge in [0.05, 0.1) is 11.7 Å². The zero-order chi connectivity index (χ0) is 14.9. The van der Waals surface area contributed by atoms with Crippen LogP contribution in [0.15, 0.2) is 34.9 Å². The Bertz CT molecular complexity index is 600. The SMILES string of the molecule is CC(C)(c1ncc(-c2ccc(F)cc2)o1)N1CCNCC1. The third kappa shape index (κ3) is 2.84. The van der Waals surface area contributed by atoms with Crippen LogP contribution in [-0.4, -0.2) is 36.1 Å². The van der Waals surface area contributed by atoms with E-state index < -0.39 is 0 Å². The summed E-state index contributed by atoms with van der Waals surface area (Å²) < 4.78 is 18.9. The van der Waals surface area contributed by atoms with Gasteiger partial charge in [0, 0.05) is 31.7 Å². The molecule has 112 valence electrons. The van der Waals surface area contributed by atoms with E-state index in [0.717, 1.165) is 31.7 Å². The molecule has 1 N–H and O–H groups in total. The molecule has 21 heavy (non-hydrogen) atoms. The normalized spacial score (nSPS) is 17.1. The van der Waals surface area contributed by atoms with Crippen molar-refractivity contribution in [1.29, 1.82) is 0 Å².